The first-order valence-electron chi connectivity index (χ1n) is 10.8. The zero-order chi connectivity index (χ0) is 22.6. The number of aryl methyl sites for hydroxylation is 1. The summed E-state index contributed by atoms with van der Waals surface area (Å²) in [6.07, 6.45) is 1.01. The van der Waals surface area contributed by atoms with E-state index >= 15 is 0 Å². The van der Waals surface area contributed by atoms with Gasteiger partial charge in [0.05, 0.1) is 5.25 Å². The predicted octanol–water partition coefficient (Wildman–Crippen LogP) is 5.61. The minimum absolute atomic E-state index is 0.0333. The number of benzene rings is 1. The largest absolute Gasteiger partial charge is 0.486 e. The molecule has 0 saturated heterocycles. The Kier molecular flexibility index (Phi) is 7.41. The minimum Gasteiger partial charge on any atom is -0.486 e. The van der Waals surface area contributed by atoms with Gasteiger partial charge in [0, 0.05) is 12.0 Å². The molecule has 0 N–H and O–H groups in total. The minimum atomic E-state index is -0.149. The topological polar surface area (TPSA) is 78.9 Å². The summed E-state index contributed by atoms with van der Waals surface area (Å²) < 4.78 is 13.6. The summed E-state index contributed by atoms with van der Waals surface area (Å²) in [5.74, 6) is 3.40. The van der Waals surface area contributed by atoms with Crippen LogP contribution in [-0.2, 0) is 25.0 Å². The van der Waals surface area contributed by atoms with Crippen molar-refractivity contribution in [3.8, 4) is 5.75 Å². The third kappa shape index (κ3) is 6.09. The highest BCUT2D eigenvalue weighted by Gasteiger charge is 2.25. The first kappa shape index (κ1) is 23.3. The van der Waals surface area contributed by atoms with Crippen molar-refractivity contribution in [2.45, 2.75) is 83.9 Å². The van der Waals surface area contributed by atoms with Crippen LogP contribution in [0.5, 0.6) is 5.75 Å². The van der Waals surface area contributed by atoms with Gasteiger partial charge in [-0.3, -0.25) is 0 Å². The number of nitrogens with zero attached hydrogens (tertiary/aromatic N) is 5. The first-order valence-corrected chi connectivity index (χ1v) is 11.7. The van der Waals surface area contributed by atoms with E-state index < -0.39 is 0 Å². The van der Waals surface area contributed by atoms with E-state index in [1.165, 1.54) is 5.56 Å². The van der Waals surface area contributed by atoms with E-state index in [1.54, 1.807) is 11.8 Å². The summed E-state index contributed by atoms with van der Waals surface area (Å²) in [6.45, 7) is 15.9. The van der Waals surface area contributed by atoms with Gasteiger partial charge in [0.2, 0.25) is 5.89 Å². The van der Waals surface area contributed by atoms with Gasteiger partial charge in [0.15, 0.2) is 16.8 Å². The Hall–Kier alpha value is -2.35. The van der Waals surface area contributed by atoms with E-state index in [1.807, 2.05) is 19.1 Å². The molecule has 1 unspecified atom stereocenters. The molecule has 0 fully saturated rings. The van der Waals surface area contributed by atoms with Gasteiger partial charge in [-0.15, -0.1) is 10.2 Å². The molecule has 0 amide bonds. The lowest BCUT2D eigenvalue weighted by molar-refractivity contribution is 0.284. The fraction of sp³-hybridized carbons (Fsp3) is 0.565. The number of hydrogen-bond donors (Lipinski definition) is 0. The summed E-state index contributed by atoms with van der Waals surface area (Å²) >= 11 is 1.57. The van der Waals surface area contributed by atoms with Crippen LogP contribution in [0.25, 0.3) is 0 Å². The number of rotatable bonds is 9. The monoisotopic (exact) mass is 443 g/mol. The van der Waals surface area contributed by atoms with Gasteiger partial charge in [-0.05, 0) is 37.0 Å². The van der Waals surface area contributed by atoms with E-state index in [9.17, 15) is 0 Å². The molecule has 3 rings (SSSR count). The van der Waals surface area contributed by atoms with Crippen LogP contribution in [0.3, 0.4) is 0 Å². The maximum atomic E-state index is 5.98. The number of hydrogen-bond acceptors (Lipinski definition) is 7. The normalized spacial score (nSPS) is 13.0. The lowest BCUT2D eigenvalue weighted by atomic mass is 9.96. The fourth-order valence-electron chi connectivity index (χ4n) is 2.94. The van der Waals surface area contributed by atoms with Crippen LogP contribution in [0.2, 0.25) is 0 Å². The Morgan fingerprint density at radius 2 is 1.81 bits per heavy atom. The smallest absolute Gasteiger partial charge is 0.239 e. The van der Waals surface area contributed by atoms with Crippen LogP contribution in [0, 0.1) is 5.92 Å². The van der Waals surface area contributed by atoms with Gasteiger partial charge in [0.1, 0.15) is 12.4 Å². The zero-order valence-corrected chi connectivity index (χ0v) is 20.4. The van der Waals surface area contributed by atoms with Crippen molar-refractivity contribution >= 4 is 11.8 Å². The molecule has 1 atom stereocenters. The van der Waals surface area contributed by atoms with Crippen LogP contribution < -0.4 is 4.74 Å². The third-order valence-corrected chi connectivity index (χ3v) is 5.85. The van der Waals surface area contributed by atoms with Crippen LogP contribution in [0.15, 0.2) is 33.9 Å². The molecule has 0 aliphatic heterocycles. The van der Waals surface area contributed by atoms with Crippen LogP contribution >= 0.6 is 11.8 Å². The molecule has 0 bridgehead atoms. The highest BCUT2D eigenvalue weighted by Crippen LogP contribution is 2.34. The van der Waals surface area contributed by atoms with Crippen LogP contribution in [0.1, 0.15) is 76.8 Å². The molecule has 0 aliphatic rings. The molecule has 7 nitrogen and oxygen atoms in total. The molecule has 168 valence electrons. The molecule has 3 aromatic rings. The Labute approximate surface area is 189 Å². The average Bonchev–Trinajstić information content (AvgIpc) is 3.35. The van der Waals surface area contributed by atoms with Crippen molar-refractivity contribution in [2.24, 2.45) is 5.92 Å². The summed E-state index contributed by atoms with van der Waals surface area (Å²) in [4.78, 5) is 4.58. The lowest BCUT2D eigenvalue weighted by Crippen LogP contribution is -2.13. The number of ether oxygens (including phenoxy) is 1. The highest BCUT2D eigenvalue weighted by atomic mass is 32.2. The molecule has 0 spiro atoms. The fourth-order valence-corrected chi connectivity index (χ4v) is 3.85. The van der Waals surface area contributed by atoms with Crippen molar-refractivity contribution in [1.82, 2.24) is 24.9 Å². The SMILES string of the molecule is CCc1ccc(OCc2nnc(SC(C)c3nc(C(C)(C)C)no3)n2CC(C)C)cc1. The summed E-state index contributed by atoms with van der Waals surface area (Å²) in [5, 5.41) is 13.8. The van der Waals surface area contributed by atoms with E-state index in [4.69, 9.17) is 9.26 Å². The van der Waals surface area contributed by atoms with Crippen molar-refractivity contribution in [2.75, 3.05) is 0 Å². The molecule has 0 radical (unpaired) electrons. The standard InChI is InChI=1S/C23H33N5O2S/c1-8-17-9-11-18(12-10-17)29-14-19-25-26-22(28(19)13-15(2)3)31-16(4)20-24-21(27-30-20)23(5,6)7/h9-12,15-16H,8,13-14H2,1-7H3. The van der Waals surface area contributed by atoms with Gasteiger partial charge < -0.3 is 13.8 Å². The summed E-state index contributed by atoms with van der Waals surface area (Å²) in [7, 11) is 0. The van der Waals surface area contributed by atoms with Crippen molar-refractivity contribution in [3.05, 3.63) is 47.4 Å². The Morgan fingerprint density at radius 3 is 2.39 bits per heavy atom. The molecule has 0 aliphatic carbocycles. The molecule has 1 aromatic carbocycles. The van der Waals surface area contributed by atoms with E-state index in [-0.39, 0.29) is 10.7 Å². The molecular formula is C23H33N5O2S. The molecule has 0 saturated carbocycles. The van der Waals surface area contributed by atoms with Crippen molar-refractivity contribution in [3.63, 3.8) is 0 Å². The van der Waals surface area contributed by atoms with Gasteiger partial charge in [0.25, 0.3) is 0 Å². The molecular weight excluding hydrogens is 410 g/mol. The first-order chi connectivity index (χ1) is 14.7. The second-order valence-corrected chi connectivity index (χ2v) is 10.5. The Morgan fingerprint density at radius 1 is 1.10 bits per heavy atom. The molecule has 31 heavy (non-hydrogen) atoms. The van der Waals surface area contributed by atoms with Gasteiger partial charge >= 0.3 is 0 Å². The van der Waals surface area contributed by atoms with E-state index in [0.29, 0.717) is 24.2 Å². The Bertz CT molecular complexity index is 973. The molecule has 2 heterocycles. The van der Waals surface area contributed by atoms with Gasteiger partial charge in [-0.1, -0.05) is 70.6 Å². The summed E-state index contributed by atoms with van der Waals surface area (Å²) in [6, 6.07) is 8.19. The quantitative estimate of drug-likeness (QED) is 0.398. The van der Waals surface area contributed by atoms with E-state index in [0.717, 1.165) is 29.7 Å². The second kappa shape index (κ2) is 9.85. The van der Waals surface area contributed by atoms with E-state index in [2.05, 4.69) is 78.6 Å². The van der Waals surface area contributed by atoms with Gasteiger partial charge in [-0.25, -0.2) is 0 Å². The Balaban J connectivity index is 1.74. The number of aromatic nitrogens is 5. The predicted molar refractivity (Wildman–Crippen MR) is 122 cm³/mol. The van der Waals surface area contributed by atoms with Crippen molar-refractivity contribution in [1.29, 1.82) is 0 Å². The average molecular weight is 444 g/mol. The molecule has 2 aromatic heterocycles. The van der Waals surface area contributed by atoms with Crippen LogP contribution in [-0.4, -0.2) is 24.9 Å². The lowest BCUT2D eigenvalue weighted by Gasteiger charge is -2.14. The second-order valence-electron chi connectivity index (χ2n) is 9.16. The maximum absolute atomic E-state index is 5.98. The van der Waals surface area contributed by atoms with Crippen LogP contribution in [0.4, 0.5) is 0 Å². The van der Waals surface area contributed by atoms with Crippen molar-refractivity contribution < 1.29 is 9.26 Å². The number of thioether (sulfide) groups is 1. The summed E-state index contributed by atoms with van der Waals surface area (Å²) in [5.41, 5.74) is 1.14. The zero-order valence-electron chi connectivity index (χ0n) is 19.5. The van der Waals surface area contributed by atoms with Gasteiger partial charge in [-0.2, -0.15) is 4.98 Å². The highest BCUT2D eigenvalue weighted by molar-refractivity contribution is 7.99. The maximum Gasteiger partial charge on any atom is 0.239 e. The third-order valence-electron chi connectivity index (χ3n) is 4.78. The molecule has 8 heteroatoms.